The van der Waals surface area contributed by atoms with Crippen molar-refractivity contribution in [2.24, 2.45) is 0 Å². The highest BCUT2D eigenvalue weighted by Crippen LogP contribution is 2.32. The van der Waals surface area contributed by atoms with Gasteiger partial charge in [0, 0.05) is 11.6 Å². The minimum absolute atomic E-state index is 0.0255. The van der Waals surface area contributed by atoms with Gasteiger partial charge in [-0.3, -0.25) is 4.57 Å². The molecule has 2 aromatic heterocycles. The lowest BCUT2D eigenvalue weighted by atomic mass is 10.1. The molecule has 0 unspecified atom stereocenters. The molecule has 0 aliphatic carbocycles. The van der Waals surface area contributed by atoms with Crippen molar-refractivity contribution in [2.45, 2.75) is 24.5 Å². The molecule has 28 heavy (non-hydrogen) atoms. The molecule has 1 saturated heterocycles. The van der Waals surface area contributed by atoms with E-state index in [0.29, 0.717) is 11.1 Å². The lowest BCUT2D eigenvalue weighted by molar-refractivity contribution is -0.0511. The quantitative estimate of drug-likeness (QED) is 0.392. The van der Waals surface area contributed by atoms with Crippen LogP contribution in [-0.2, 0) is 4.74 Å². The monoisotopic (exact) mass is 385 g/mol. The van der Waals surface area contributed by atoms with Crippen LogP contribution in [0, 0.1) is 0 Å². The van der Waals surface area contributed by atoms with Crippen LogP contribution in [0.15, 0.2) is 36.7 Å². The fraction of sp³-hybridized carbons (Fsp3) is 0.278. The minimum atomic E-state index is -1.29. The van der Waals surface area contributed by atoms with Gasteiger partial charge < -0.3 is 30.9 Å². The third-order valence-electron chi connectivity index (χ3n) is 4.60. The molecular formula is C18H19N5O5. The zero-order chi connectivity index (χ0) is 19.8. The Bertz CT molecular complexity index is 1020. The first-order chi connectivity index (χ1) is 13.5. The molecule has 10 nitrogen and oxygen atoms in total. The Morgan fingerprint density at radius 3 is 2.61 bits per heavy atom. The molecule has 0 bridgehead atoms. The van der Waals surface area contributed by atoms with E-state index in [0.717, 1.165) is 0 Å². The number of rotatable bonds is 4. The average Bonchev–Trinajstić information content (AvgIpc) is 3.23. The second-order valence-electron chi connectivity index (χ2n) is 6.42. The fourth-order valence-electron chi connectivity index (χ4n) is 3.17. The molecule has 146 valence electrons. The van der Waals surface area contributed by atoms with Crippen molar-refractivity contribution in [1.82, 2.24) is 19.5 Å². The largest absolute Gasteiger partial charge is 0.507 e. The van der Waals surface area contributed by atoms with Crippen LogP contribution in [0.1, 0.15) is 17.5 Å². The number of nitrogen functional groups attached to an aromatic ring is 1. The maximum atomic E-state index is 10.4. The molecule has 3 aromatic rings. The summed E-state index contributed by atoms with van der Waals surface area (Å²) in [5.74, 6) is -0.0874. The number of aliphatic hydroxyl groups is 4. The predicted molar refractivity (Wildman–Crippen MR) is 99.7 cm³/mol. The molecule has 4 atom stereocenters. The highest BCUT2D eigenvalue weighted by Gasteiger charge is 2.44. The number of fused-ring (bicyclic) bond motifs is 1. The Morgan fingerprint density at radius 1 is 1.18 bits per heavy atom. The summed E-state index contributed by atoms with van der Waals surface area (Å²) < 4.78 is 6.94. The summed E-state index contributed by atoms with van der Waals surface area (Å²) in [6.07, 6.45) is -1.69. The van der Waals surface area contributed by atoms with Crippen LogP contribution in [0.4, 0.5) is 5.95 Å². The molecule has 1 aliphatic heterocycles. The number of imidazole rings is 1. The maximum absolute atomic E-state index is 10.4. The van der Waals surface area contributed by atoms with Gasteiger partial charge in [0.25, 0.3) is 0 Å². The first-order valence-electron chi connectivity index (χ1n) is 8.58. The van der Waals surface area contributed by atoms with Gasteiger partial charge in [0.05, 0.1) is 12.9 Å². The zero-order valence-electron chi connectivity index (χ0n) is 14.6. The van der Waals surface area contributed by atoms with Crippen molar-refractivity contribution in [3.05, 3.63) is 47.9 Å². The topological polar surface area (TPSA) is 160 Å². The van der Waals surface area contributed by atoms with E-state index in [-0.39, 0.29) is 23.0 Å². The molecule has 10 heteroatoms. The third kappa shape index (κ3) is 3.08. The number of aromatic nitrogens is 4. The van der Waals surface area contributed by atoms with Crippen LogP contribution in [0.3, 0.4) is 0 Å². The first kappa shape index (κ1) is 18.3. The highest BCUT2D eigenvalue weighted by atomic mass is 16.6. The van der Waals surface area contributed by atoms with Crippen LogP contribution in [0.2, 0.25) is 0 Å². The van der Waals surface area contributed by atoms with Gasteiger partial charge in [-0.25, -0.2) is 9.97 Å². The molecule has 1 aliphatic rings. The molecule has 0 spiro atoms. The van der Waals surface area contributed by atoms with E-state index >= 15 is 0 Å². The molecule has 0 saturated carbocycles. The number of ether oxygens (including phenoxy) is 1. The number of anilines is 1. The van der Waals surface area contributed by atoms with E-state index < -0.39 is 31.1 Å². The molecular weight excluding hydrogens is 366 g/mol. The van der Waals surface area contributed by atoms with Gasteiger partial charge in [0.1, 0.15) is 35.3 Å². The zero-order valence-corrected chi connectivity index (χ0v) is 14.6. The van der Waals surface area contributed by atoms with E-state index in [4.69, 9.17) is 10.5 Å². The molecule has 6 N–H and O–H groups in total. The van der Waals surface area contributed by atoms with Crippen LogP contribution in [0.5, 0.6) is 0 Å². The van der Waals surface area contributed by atoms with Gasteiger partial charge in [-0.15, -0.1) is 0 Å². The third-order valence-corrected chi connectivity index (χ3v) is 4.60. The lowest BCUT2D eigenvalue weighted by Crippen LogP contribution is -2.33. The molecule has 3 heterocycles. The number of hydrogen-bond acceptors (Lipinski definition) is 9. The Kier molecular flexibility index (Phi) is 4.69. The van der Waals surface area contributed by atoms with Crippen molar-refractivity contribution < 1.29 is 25.2 Å². The SMILES string of the molecule is Nc1nc(/C=C(\O)c2ccccc2)c2ncn([C@H]3O[C@@H](CO)[C@@H](O)[C@H]3O)c2n1. The van der Waals surface area contributed by atoms with Crippen LogP contribution < -0.4 is 5.73 Å². The van der Waals surface area contributed by atoms with Crippen molar-refractivity contribution in [2.75, 3.05) is 12.3 Å². The van der Waals surface area contributed by atoms with Crippen LogP contribution in [0.25, 0.3) is 23.0 Å². The van der Waals surface area contributed by atoms with E-state index in [9.17, 15) is 20.4 Å². The summed E-state index contributed by atoms with van der Waals surface area (Å²) in [6.45, 7) is -0.447. The maximum Gasteiger partial charge on any atom is 0.222 e. The molecule has 0 radical (unpaired) electrons. The first-order valence-corrected chi connectivity index (χ1v) is 8.58. The van der Waals surface area contributed by atoms with Gasteiger partial charge in [-0.1, -0.05) is 30.3 Å². The number of aliphatic hydroxyl groups excluding tert-OH is 4. The highest BCUT2D eigenvalue weighted by molar-refractivity contribution is 5.87. The second-order valence-corrected chi connectivity index (χ2v) is 6.42. The second kappa shape index (κ2) is 7.17. The summed E-state index contributed by atoms with van der Waals surface area (Å²) in [5, 5.41) is 39.9. The molecule has 1 aromatic carbocycles. The minimum Gasteiger partial charge on any atom is -0.507 e. The van der Waals surface area contributed by atoms with E-state index in [1.165, 1.54) is 17.0 Å². The van der Waals surface area contributed by atoms with E-state index in [1.807, 2.05) is 6.07 Å². The lowest BCUT2D eigenvalue weighted by Gasteiger charge is -2.16. The number of hydrogen-bond donors (Lipinski definition) is 5. The Labute approximate surface area is 159 Å². The van der Waals surface area contributed by atoms with E-state index in [1.54, 1.807) is 24.3 Å². The van der Waals surface area contributed by atoms with Crippen molar-refractivity contribution >= 4 is 28.9 Å². The van der Waals surface area contributed by atoms with Crippen molar-refractivity contribution in [3.8, 4) is 0 Å². The van der Waals surface area contributed by atoms with Gasteiger partial charge >= 0.3 is 0 Å². The summed E-state index contributed by atoms with van der Waals surface area (Å²) in [7, 11) is 0. The van der Waals surface area contributed by atoms with Gasteiger partial charge in [-0.05, 0) is 0 Å². The molecule has 0 amide bonds. The summed E-state index contributed by atoms with van der Waals surface area (Å²) >= 11 is 0. The van der Waals surface area contributed by atoms with Crippen molar-refractivity contribution in [1.29, 1.82) is 0 Å². The molecule has 1 fully saturated rings. The number of benzene rings is 1. The predicted octanol–water partition coefficient (Wildman–Crippen LogP) is 0.0761. The Balaban J connectivity index is 1.78. The number of nitrogens with two attached hydrogens (primary N) is 1. The summed E-state index contributed by atoms with van der Waals surface area (Å²) in [4.78, 5) is 12.5. The van der Waals surface area contributed by atoms with Gasteiger partial charge in [0.15, 0.2) is 11.9 Å². The smallest absolute Gasteiger partial charge is 0.222 e. The normalized spacial score (nSPS) is 25.5. The Hall–Kier alpha value is -3.05. The van der Waals surface area contributed by atoms with Crippen molar-refractivity contribution in [3.63, 3.8) is 0 Å². The average molecular weight is 385 g/mol. The van der Waals surface area contributed by atoms with Gasteiger partial charge in [-0.2, -0.15) is 4.98 Å². The van der Waals surface area contributed by atoms with E-state index in [2.05, 4.69) is 15.0 Å². The molecule has 4 rings (SSSR count). The fourth-order valence-corrected chi connectivity index (χ4v) is 3.17. The summed E-state index contributed by atoms with van der Waals surface area (Å²) in [5.41, 5.74) is 7.28. The standard InChI is InChI=1S/C18H19N5O5/c19-18-21-10(6-11(25)9-4-2-1-3-5-9)13-16(22-18)23(8-20-13)17-15(27)14(26)12(7-24)28-17/h1-6,8,12,14-15,17,24-27H,7H2,(H2,19,21,22)/b11-6-/t12-,14+,15+,17-/m0/s1. The van der Waals surface area contributed by atoms with Crippen LogP contribution in [-0.4, -0.2) is 64.9 Å². The Morgan fingerprint density at radius 2 is 1.93 bits per heavy atom. The number of nitrogens with zero attached hydrogens (tertiary/aromatic N) is 4. The summed E-state index contributed by atoms with van der Waals surface area (Å²) in [6, 6.07) is 8.90. The van der Waals surface area contributed by atoms with Crippen LogP contribution >= 0.6 is 0 Å². The van der Waals surface area contributed by atoms with Gasteiger partial charge in [0.2, 0.25) is 5.95 Å².